The number of halogens is 2. The van der Waals surface area contributed by atoms with Gasteiger partial charge in [0, 0.05) is 17.0 Å². The van der Waals surface area contributed by atoms with E-state index in [1.165, 1.54) is 6.08 Å². The van der Waals surface area contributed by atoms with Crippen molar-refractivity contribution < 1.29 is 13.6 Å². The van der Waals surface area contributed by atoms with Crippen molar-refractivity contribution in [2.24, 2.45) is 0 Å². The number of benzene rings is 2. The summed E-state index contributed by atoms with van der Waals surface area (Å²) < 4.78 is 26.4. The molecule has 0 aromatic heterocycles. The number of thioether (sulfide) groups is 1. The minimum atomic E-state index is -0.678. The van der Waals surface area contributed by atoms with E-state index in [1.54, 1.807) is 17.8 Å². The Hall–Kier alpha value is -2.14. The first kappa shape index (κ1) is 15.3. The lowest BCUT2D eigenvalue weighted by molar-refractivity contribution is -0.111. The summed E-state index contributed by atoms with van der Waals surface area (Å²) >= 11 is 1.63. The molecule has 5 heteroatoms. The van der Waals surface area contributed by atoms with Crippen molar-refractivity contribution >= 4 is 29.4 Å². The van der Waals surface area contributed by atoms with Crippen LogP contribution in [0.4, 0.5) is 14.5 Å². The zero-order valence-corrected chi connectivity index (χ0v) is 12.1. The lowest BCUT2D eigenvalue weighted by Gasteiger charge is -2.03. The molecule has 2 rings (SSSR count). The van der Waals surface area contributed by atoms with Gasteiger partial charge in [0.05, 0.1) is 5.69 Å². The monoisotopic (exact) mass is 305 g/mol. The lowest BCUT2D eigenvalue weighted by Crippen LogP contribution is -2.09. The molecule has 1 N–H and O–H groups in total. The van der Waals surface area contributed by atoms with Gasteiger partial charge in [0.25, 0.3) is 0 Å². The Bertz CT molecular complexity index is 668. The fourth-order valence-electron chi connectivity index (χ4n) is 1.65. The summed E-state index contributed by atoms with van der Waals surface area (Å²) in [6.07, 6.45) is 4.86. The molecule has 0 unspecified atom stereocenters. The van der Waals surface area contributed by atoms with Crippen molar-refractivity contribution in [3.63, 3.8) is 0 Å². The van der Waals surface area contributed by atoms with Crippen LogP contribution >= 0.6 is 11.8 Å². The average Bonchev–Trinajstić information content (AvgIpc) is 2.49. The quantitative estimate of drug-likeness (QED) is 0.672. The van der Waals surface area contributed by atoms with Gasteiger partial charge in [-0.1, -0.05) is 12.1 Å². The number of rotatable bonds is 4. The summed E-state index contributed by atoms with van der Waals surface area (Å²) in [5, 5.41) is 2.30. The number of carbonyl (C=O) groups is 1. The van der Waals surface area contributed by atoms with Gasteiger partial charge in [-0.15, -0.1) is 11.8 Å². The van der Waals surface area contributed by atoms with Gasteiger partial charge in [-0.05, 0) is 42.2 Å². The Labute approximate surface area is 125 Å². The van der Waals surface area contributed by atoms with Gasteiger partial charge in [-0.3, -0.25) is 4.79 Å². The highest BCUT2D eigenvalue weighted by Crippen LogP contribution is 2.17. The molecule has 0 bridgehead atoms. The minimum absolute atomic E-state index is 0.178. The Morgan fingerprint density at radius 3 is 2.52 bits per heavy atom. The molecule has 0 aliphatic rings. The van der Waals surface area contributed by atoms with E-state index in [2.05, 4.69) is 5.32 Å². The molecule has 0 aliphatic heterocycles. The van der Waals surface area contributed by atoms with E-state index in [0.29, 0.717) is 0 Å². The number of nitrogens with one attached hydrogen (secondary N) is 1. The molecule has 0 atom stereocenters. The zero-order valence-electron chi connectivity index (χ0n) is 11.3. The zero-order chi connectivity index (χ0) is 15.2. The number of carbonyl (C=O) groups excluding carboxylic acids is 1. The van der Waals surface area contributed by atoms with Gasteiger partial charge in [-0.2, -0.15) is 0 Å². The average molecular weight is 305 g/mol. The highest BCUT2D eigenvalue weighted by molar-refractivity contribution is 7.98. The van der Waals surface area contributed by atoms with Gasteiger partial charge in [0.2, 0.25) is 5.91 Å². The molecule has 0 spiro atoms. The van der Waals surface area contributed by atoms with Crippen LogP contribution in [0, 0.1) is 11.6 Å². The second-order valence-corrected chi connectivity index (χ2v) is 5.10. The number of hydrogen-bond acceptors (Lipinski definition) is 2. The maximum atomic E-state index is 13.4. The first-order valence-electron chi connectivity index (χ1n) is 6.16. The van der Waals surface area contributed by atoms with E-state index in [-0.39, 0.29) is 5.69 Å². The van der Waals surface area contributed by atoms with E-state index in [9.17, 15) is 13.6 Å². The Morgan fingerprint density at radius 2 is 1.86 bits per heavy atom. The topological polar surface area (TPSA) is 29.1 Å². The molecule has 0 radical (unpaired) electrons. The molecular weight excluding hydrogens is 292 g/mol. The Balaban J connectivity index is 2.03. The van der Waals surface area contributed by atoms with Crippen molar-refractivity contribution in [1.82, 2.24) is 0 Å². The van der Waals surface area contributed by atoms with Gasteiger partial charge >= 0.3 is 0 Å². The normalized spacial score (nSPS) is 10.8. The van der Waals surface area contributed by atoms with E-state index in [0.717, 1.165) is 28.7 Å². The van der Waals surface area contributed by atoms with Crippen molar-refractivity contribution in [2.75, 3.05) is 11.6 Å². The minimum Gasteiger partial charge on any atom is -0.320 e. The maximum absolute atomic E-state index is 13.4. The standard InChI is InChI=1S/C16H13F2NOS/c1-21-13-6-2-11(3-7-13)4-9-16(20)19-15-10-12(17)5-8-14(15)18/h2-10H,1H3,(H,19,20). The smallest absolute Gasteiger partial charge is 0.248 e. The number of amides is 1. The highest BCUT2D eigenvalue weighted by atomic mass is 32.2. The van der Waals surface area contributed by atoms with Crippen LogP contribution in [0.2, 0.25) is 0 Å². The third kappa shape index (κ3) is 4.43. The van der Waals surface area contributed by atoms with Crippen molar-refractivity contribution in [2.45, 2.75) is 4.90 Å². The van der Waals surface area contributed by atoms with E-state index >= 15 is 0 Å². The summed E-state index contributed by atoms with van der Waals surface area (Å²) in [5.74, 6) is -1.81. The van der Waals surface area contributed by atoms with Crippen LogP contribution in [0.5, 0.6) is 0 Å². The first-order chi connectivity index (χ1) is 10.1. The molecule has 1 amide bonds. The lowest BCUT2D eigenvalue weighted by atomic mass is 10.2. The fourth-order valence-corrected chi connectivity index (χ4v) is 2.06. The summed E-state index contributed by atoms with van der Waals surface area (Å²) in [6, 6.07) is 10.5. The van der Waals surface area contributed by atoms with Gasteiger partial charge < -0.3 is 5.32 Å². The van der Waals surface area contributed by atoms with Crippen LogP contribution < -0.4 is 5.32 Å². The van der Waals surface area contributed by atoms with Gasteiger partial charge in [0.15, 0.2) is 0 Å². The second kappa shape index (κ2) is 7.04. The summed E-state index contributed by atoms with van der Waals surface area (Å²) in [6.45, 7) is 0. The van der Waals surface area contributed by atoms with Crippen LogP contribution in [0.3, 0.4) is 0 Å². The highest BCUT2D eigenvalue weighted by Gasteiger charge is 2.05. The molecular formula is C16H13F2NOS. The van der Waals surface area contributed by atoms with Crippen molar-refractivity contribution in [3.8, 4) is 0 Å². The molecule has 0 fully saturated rings. The first-order valence-corrected chi connectivity index (χ1v) is 7.39. The molecule has 2 aromatic carbocycles. The predicted octanol–water partition coefficient (Wildman–Crippen LogP) is 4.34. The molecule has 2 nitrogen and oxygen atoms in total. The van der Waals surface area contributed by atoms with Crippen LogP contribution in [0.15, 0.2) is 53.4 Å². The van der Waals surface area contributed by atoms with Crippen LogP contribution in [-0.4, -0.2) is 12.2 Å². The third-order valence-corrected chi connectivity index (χ3v) is 3.47. The van der Waals surface area contributed by atoms with E-state index in [1.807, 2.05) is 30.5 Å². The molecule has 2 aromatic rings. The number of anilines is 1. The fraction of sp³-hybridized carbons (Fsp3) is 0.0625. The van der Waals surface area contributed by atoms with Crippen LogP contribution in [-0.2, 0) is 4.79 Å². The number of hydrogen-bond donors (Lipinski definition) is 1. The van der Waals surface area contributed by atoms with Gasteiger partial charge in [0.1, 0.15) is 11.6 Å². The summed E-state index contributed by atoms with van der Waals surface area (Å²) in [4.78, 5) is 12.8. The molecule has 108 valence electrons. The van der Waals surface area contributed by atoms with Crippen molar-refractivity contribution in [3.05, 3.63) is 65.7 Å². The molecule has 0 aliphatic carbocycles. The summed E-state index contributed by atoms with van der Waals surface area (Å²) in [5.41, 5.74) is 0.671. The predicted molar refractivity (Wildman–Crippen MR) is 82.2 cm³/mol. The Morgan fingerprint density at radius 1 is 1.14 bits per heavy atom. The van der Waals surface area contributed by atoms with Gasteiger partial charge in [-0.25, -0.2) is 8.78 Å². The maximum Gasteiger partial charge on any atom is 0.248 e. The largest absolute Gasteiger partial charge is 0.320 e. The van der Waals surface area contributed by atoms with Crippen molar-refractivity contribution in [1.29, 1.82) is 0 Å². The van der Waals surface area contributed by atoms with Crippen LogP contribution in [0.25, 0.3) is 6.08 Å². The van der Waals surface area contributed by atoms with E-state index in [4.69, 9.17) is 0 Å². The molecule has 0 saturated heterocycles. The Kier molecular flexibility index (Phi) is 5.11. The molecule has 21 heavy (non-hydrogen) atoms. The molecule has 0 saturated carbocycles. The third-order valence-electron chi connectivity index (χ3n) is 2.73. The second-order valence-electron chi connectivity index (χ2n) is 4.22. The van der Waals surface area contributed by atoms with Crippen LogP contribution in [0.1, 0.15) is 5.56 Å². The molecule has 0 heterocycles. The summed E-state index contributed by atoms with van der Waals surface area (Å²) in [7, 11) is 0. The SMILES string of the molecule is CSc1ccc(C=CC(=O)Nc2cc(F)ccc2F)cc1. The van der Waals surface area contributed by atoms with E-state index < -0.39 is 17.5 Å².